The van der Waals surface area contributed by atoms with Crippen LogP contribution in [-0.4, -0.2) is 43.2 Å². The van der Waals surface area contributed by atoms with Gasteiger partial charge in [-0.2, -0.15) is 0 Å². The van der Waals surface area contributed by atoms with E-state index < -0.39 is 0 Å². The maximum atomic E-state index is 5.97. The zero-order valence-electron chi connectivity index (χ0n) is 29.6. The average molecular weight is 683 g/mol. The van der Waals surface area contributed by atoms with Crippen LogP contribution in [0.2, 0.25) is 0 Å². The van der Waals surface area contributed by atoms with Gasteiger partial charge in [0.05, 0.1) is 46.7 Å². The lowest BCUT2D eigenvalue weighted by atomic mass is 10.1. The fourth-order valence-corrected chi connectivity index (χ4v) is 6.77. The number of aromatic nitrogens is 6. The third-order valence-electron chi connectivity index (χ3n) is 8.83. The highest BCUT2D eigenvalue weighted by Crippen LogP contribution is 2.33. The largest absolute Gasteiger partial charge is 0.494 e. The highest BCUT2D eigenvalue weighted by Gasteiger charge is 2.13. The van der Waals surface area contributed by atoms with Gasteiger partial charge in [-0.05, 0) is 73.5 Å². The van der Waals surface area contributed by atoms with E-state index in [1.54, 1.807) is 20.7 Å². The van der Waals surface area contributed by atoms with Crippen LogP contribution in [0.3, 0.4) is 0 Å². The van der Waals surface area contributed by atoms with Crippen molar-refractivity contribution in [1.82, 2.24) is 30.0 Å². The average Bonchev–Trinajstić information content (AvgIpc) is 3.93. The Balaban J connectivity index is 1.05. The van der Waals surface area contributed by atoms with E-state index in [1.807, 2.05) is 60.9 Å². The summed E-state index contributed by atoms with van der Waals surface area (Å²) in [6.07, 6.45) is 24.7. The minimum absolute atomic E-state index is 0.761. The Labute approximate surface area is 296 Å². The van der Waals surface area contributed by atoms with Crippen molar-refractivity contribution in [3.63, 3.8) is 0 Å². The van der Waals surface area contributed by atoms with Crippen LogP contribution in [0.15, 0.2) is 73.1 Å². The molecule has 0 aliphatic heterocycles. The van der Waals surface area contributed by atoms with E-state index in [0.29, 0.717) is 0 Å². The molecule has 0 radical (unpaired) electrons. The molecule has 0 unspecified atom stereocenters. The van der Waals surface area contributed by atoms with E-state index >= 15 is 0 Å². The molecule has 3 heterocycles. The molecule has 0 aliphatic rings. The third kappa shape index (κ3) is 11.8. The quantitative estimate of drug-likeness (QED) is 0.0603. The number of hydrogen-bond acceptors (Lipinski definition) is 7. The number of benzene rings is 2. The van der Waals surface area contributed by atoms with E-state index in [0.717, 1.165) is 70.1 Å². The Bertz CT molecular complexity index is 1490. The lowest BCUT2D eigenvalue weighted by Crippen LogP contribution is -1.98. The molecule has 0 atom stereocenters. The molecule has 0 N–H and O–H groups in total. The Morgan fingerprint density at radius 3 is 1.22 bits per heavy atom. The number of rotatable bonds is 24. The van der Waals surface area contributed by atoms with Crippen molar-refractivity contribution in [2.24, 2.45) is 0 Å². The summed E-state index contributed by atoms with van der Waals surface area (Å²) >= 11 is 1.63. The van der Waals surface area contributed by atoms with Gasteiger partial charge in [0, 0.05) is 0 Å². The first kappa shape index (κ1) is 36.3. The normalized spacial score (nSPS) is 11.3. The lowest BCUT2D eigenvalue weighted by molar-refractivity contribution is 0.304. The molecule has 0 bridgehead atoms. The lowest BCUT2D eigenvalue weighted by Gasteiger charge is -2.07. The van der Waals surface area contributed by atoms with Crippen LogP contribution in [0, 0.1) is 0 Å². The van der Waals surface area contributed by atoms with Crippen molar-refractivity contribution in [3.8, 4) is 44.0 Å². The molecule has 49 heavy (non-hydrogen) atoms. The summed E-state index contributed by atoms with van der Waals surface area (Å²) in [5.74, 6) is 1.78. The summed E-state index contributed by atoms with van der Waals surface area (Å²) in [6.45, 7) is 6.05. The van der Waals surface area contributed by atoms with Gasteiger partial charge in [-0.25, -0.2) is 9.36 Å². The van der Waals surface area contributed by atoms with Gasteiger partial charge in [-0.1, -0.05) is 114 Å². The molecule has 0 amide bonds. The monoisotopic (exact) mass is 682 g/mol. The number of hydrogen-bond donors (Lipinski definition) is 0. The first-order valence-corrected chi connectivity index (χ1v) is 19.5. The second kappa shape index (κ2) is 20.5. The summed E-state index contributed by atoms with van der Waals surface area (Å²) in [7, 11) is 0. The van der Waals surface area contributed by atoms with E-state index in [2.05, 4.69) is 46.6 Å². The van der Waals surface area contributed by atoms with Crippen molar-refractivity contribution in [3.05, 3.63) is 73.1 Å². The first-order chi connectivity index (χ1) is 24.2. The van der Waals surface area contributed by atoms with Crippen LogP contribution < -0.4 is 9.47 Å². The van der Waals surface area contributed by atoms with Crippen LogP contribution in [-0.2, 0) is 0 Å². The minimum Gasteiger partial charge on any atom is -0.494 e. The van der Waals surface area contributed by atoms with Crippen LogP contribution >= 0.6 is 11.3 Å². The molecule has 9 heteroatoms. The SMILES string of the molecule is CCCCCCCCCCOc1ccc(-n2cc(-c3ccc(-c4cn(-c5ccc(OCCCCCCCCCC)cc5)nn4)s3)nn2)cc1. The van der Waals surface area contributed by atoms with Crippen LogP contribution in [0.25, 0.3) is 32.5 Å². The van der Waals surface area contributed by atoms with Gasteiger partial charge >= 0.3 is 0 Å². The van der Waals surface area contributed by atoms with Crippen LogP contribution in [0.1, 0.15) is 117 Å². The van der Waals surface area contributed by atoms with Crippen LogP contribution in [0.5, 0.6) is 11.5 Å². The van der Waals surface area contributed by atoms with Crippen molar-refractivity contribution in [2.45, 2.75) is 117 Å². The number of unbranched alkanes of at least 4 members (excludes halogenated alkanes) is 14. The molecule has 0 saturated heterocycles. The van der Waals surface area contributed by atoms with Crippen molar-refractivity contribution >= 4 is 11.3 Å². The molecular weight excluding hydrogens is 629 g/mol. The summed E-state index contributed by atoms with van der Waals surface area (Å²) in [5, 5.41) is 17.6. The maximum Gasteiger partial charge on any atom is 0.123 e. The second-order valence-corrected chi connectivity index (χ2v) is 14.0. The Kier molecular flexibility index (Phi) is 15.2. The number of ether oxygens (including phenoxy) is 2. The van der Waals surface area contributed by atoms with Gasteiger partial charge in [0.2, 0.25) is 0 Å². The van der Waals surface area contributed by atoms with Crippen molar-refractivity contribution in [2.75, 3.05) is 13.2 Å². The zero-order valence-corrected chi connectivity index (χ0v) is 30.4. The Morgan fingerprint density at radius 1 is 0.469 bits per heavy atom. The fraction of sp³-hybridized carbons (Fsp3) is 0.500. The van der Waals surface area contributed by atoms with Gasteiger partial charge in [-0.15, -0.1) is 21.5 Å². The molecule has 5 rings (SSSR count). The smallest absolute Gasteiger partial charge is 0.123 e. The minimum atomic E-state index is 0.761. The summed E-state index contributed by atoms with van der Waals surface area (Å²) in [5.41, 5.74) is 3.53. The molecule has 3 aromatic heterocycles. The number of nitrogens with zero attached hydrogens (tertiary/aromatic N) is 6. The van der Waals surface area contributed by atoms with Gasteiger partial charge in [0.1, 0.15) is 22.9 Å². The molecule has 8 nitrogen and oxygen atoms in total. The zero-order chi connectivity index (χ0) is 33.9. The van der Waals surface area contributed by atoms with Gasteiger partial charge < -0.3 is 9.47 Å². The van der Waals surface area contributed by atoms with E-state index in [1.165, 1.54) is 89.9 Å². The van der Waals surface area contributed by atoms with Crippen LogP contribution in [0.4, 0.5) is 0 Å². The topological polar surface area (TPSA) is 79.9 Å². The Hall–Kier alpha value is -3.98. The molecule has 0 aliphatic carbocycles. The predicted molar refractivity (Wildman–Crippen MR) is 201 cm³/mol. The van der Waals surface area contributed by atoms with Gasteiger partial charge in [0.25, 0.3) is 0 Å². The highest BCUT2D eigenvalue weighted by molar-refractivity contribution is 7.18. The van der Waals surface area contributed by atoms with E-state index in [-0.39, 0.29) is 0 Å². The Morgan fingerprint density at radius 2 is 0.837 bits per heavy atom. The van der Waals surface area contributed by atoms with Crippen molar-refractivity contribution in [1.29, 1.82) is 0 Å². The second-order valence-electron chi connectivity index (χ2n) is 12.9. The fourth-order valence-electron chi connectivity index (χ4n) is 5.86. The highest BCUT2D eigenvalue weighted by atomic mass is 32.1. The van der Waals surface area contributed by atoms with Gasteiger partial charge in [0.15, 0.2) is 0 Å². The first-order valence-electron chi connectivity index (χ1n) is 18.6. The molecule has 0 saturated carbocycles. The summed E-state index contributed by atoms with van der Waals surface area (Å²) < 4.78 is 15.5. The molecule has 2 aromatic carbocycles. The standard InChI is InChI=1S/C40H54N6O2S/c1-3-5-7-9-11-13-15-17-29-47-35-23-19-33(20-24-35)45-31-37(41-43-45)39-27-28-40(49-39)38-32-46(44-42-38)34-21-25-36(26-22-34)48-30-18-16-14-12-10-8-6-4-2/h19-28,31-32H,3-18,29-30H2,1-2H3. The molecular formula is C40H54N6O2S. The number of thiophene rings is 1. The van der Waals surface area contributed by atoms with Crippen molar-refractivity contribution < 1.29 is 9.47 Å². The third-order valence-corrected chi connectivity index (χ3v) is 9.96. The van der Waals surface area contributed by atoms with E-state index in [9.17, 15) is 0 Å². The van der Waals surface area contributed by atoms with E-state index in [4.69, 9.17) is 9.47 Å². The molecule has 0 spiro atoms. The maximum absolute atomic E-state index is 5.97. The molecule has 0 fully saturated rings. The molecule has 262 valence electrons. The predicted octanol–water partition coefficient (Wildman–Crippen LogP) is 11.3. The van der Waals surface area contributed by atoms with Gasteiger partial charge in [-0.3, -0.25) is 0 Å². The molecule has 5 aromatic rings. The summed E-state index contributed by atoms with van der Waals surface area (Å²) in [4.78, 5) is 2.05. The summed E-state index contributed by atoms with van der Waals surface area (Å²) in [6, 6.07) is 20.2.